The van der Waals surface area contributed by atoms with Crippen molar-refractivity contribution in [3.63, 3.8) is 0 Å². The van der Waals surface area contributed by atoms with E-state index in [4.69, 9.17) is 0 Å². The minimum absolute atomic E-state index is 0.0818. The van der Waals surface area contributed by atoms with E-state index in [1.54, 1.807) is 0 Å². The molecule has 25 heavy (non-hydrogen) atoms. The summed E-state index contributed by atoms with van der Waals surface area (Å²) in [4.78, 5) is 12.5. The van der Waals surface area contributed by atoms with E-state index in [1.807, 2.05) is 0 Å². The highest BCUT2D eigenvalue weighted by molar-refractivity contribution is 7.92. The van der Waals surface area contributed by atoms with Crippen molar-refractivity contribution in [2.45, 2.75) is 52.0 Å². The maximum atomic E-state index is 12.5. The zero-order valence-electron chi connectivity index (χ0n) is 15.1. The number of amides is 1. The summed E-state index contributed by atoms with van der Waals surface area (Å²) < 4.78 is 25.0. The molecule has 6 nitrogen and oxygen atoms in total. The van der Waals surface area contributed by atoms with E-state index in [0.717, 1.165) is 31.9 Å². The number of hydrogen-bond donors (Lipinski definition) is 3. The normalized spacial score (nSPS) is 21.6. The van der Waals surface area contributed by atoms with Gasteiger partial charge in [-0.05, 0) is 49.3 Å². The molecule has 140 valence electrons. The summed E-state index contributed by atoms with van der Waals surface area (Å²) in [6.07, 6.45) is 6.24. The van der Waals surface area contributed by atoms with Gasteiger partial charge in [-0.1, -0.05) is 26.7 Å². The van der Waals surface area contributed by atoms with Gasteiger partial charge in [0.15, 0.2) is 0 Å². The summed E-state index contributed by atoms with van der Waals surface area (Å²) in [6, 6.07) is 4.19. The van der Waals surface area contributed by atoms with Crippen LogP contribution >= 0.6 is 0 Å². The van der Waals surface area contributed by atoms with Crippen LogP contribution in [0, 0.1) is 11.8 Å². The number of carbonyl (C=O) groups is 1. The van der Waals surface area contributed by atoms with E-state index in [0.29, 0.717) is 11.8 Å². The van der Waals surface area contributed by atoms with Crippen LogP contribution < -0.4 is 10.0 Å². The van der Waals surface area contributed by atoms with Crippen molar-refractivity contribution in [3.05, 3.63) is 23.8 Å². The van der Waals surface area contributed by atoms with Crippen molar-refractivity contribution in [1.29, 1.82) is 0 Å². The number of sulfonamides is 1. The molecule has 0 aromatic heterocycles. The van der Waals surface area contributed by atoms with Gasteiger partial charge in [-0.2, -0.15) is 0 Å². The average molecular weight is 368 g/mol. The second kappa shape index (κ2) is 8.08. The van der Waals surface area contributed by atoms with Gasteiger partial charge in [0.2, 0.25) is 10.0 Å². The molecule has 1 amide bonds. The van der Waals surface area contributed by atoms with Gasteiger partial charge in [0, 0.05) is 11.7 Å². The molecule has 1 fully saturated rings. The SMILES string of the molecule is CC(C)[C@@H]1CCC[C@H](NC(=O)c2cc(NS(C)(=O)=O)ccc2O)CC1. The first-order valence-corrected chi connectivity index (χ1v) is 10.7. The van der Waals surface area contributed by atoms with Gasteiger partial charge in [-0.3, -0.25) is 9.52 Å². The van der Waals surface area contributed by atoms with Crippen molar-refractivity contribution in [3.8, 4) is 5.75 Å². The van der Waals surface area contributed by atoms with Gasteiger partial charge in [-0.25, -0.2) is 8.42 Å². The standard InChI is InChI=1S/C18H28N2O4S/c1-12(2)13-5-4-6-14(8-7-13)19-18(22)16-11-15(9-10-17(16)21)20-25(3,23)24/h9-14,20-21H,4-8H2,1-3H3,(H,19,22)/t13-,14+/m1/s1. The smallest absolute Gasteiger partial charge is 0.255 e. The molecule has 7 heteroatoms. The molecular formula is C18H28N2O4S. The monoisotopic (exact) mass is 368 g/mol. The van der Waals surface area contributed by atoms with Crippen LogP contribution in [0.2, 0.25) is 0 Å². The Kier molecular flexibility index (Phi) is 6.32. The number of nitrogens with one attached hydrogen (secondary N) is 2. The van der Waals surface area contributed by atoms with Gasteiger partial charge < -0.3 is 10.4 Å². The van der Waals surface area contributed by atoms with E-state index in [1.165, 1.54) is 24.6 Å². The minimum atomic E-state index is -3.44. The van der Waals surface area contributed by atoms with Crippen LogP contribution in [0.4, 0.5) is 5.69 Å². The van der Waals surface area contributed by atoms with Crippen LogP contribution in [0.25, 0.3) is 0 Å². The van der Waals surface area contributed by atoms with Crippen LogP contribution in [0.3, 0.4) is 0 Å². The van der Waals surface area contributed by atoms with Crippen molar-refractivity contribution in [1.82, 2.24) is 5.32 Å². The highest BCUT2D eigenvalue weighted by Gasteiger charge is 2.23. The highest BCUT2D eigenvalue weighted by atomic mass is 32.2. The summed E-state index contributed by atoms with van der Waals surface area (Å²) in [7, 11) is -3.44. The molecule has 3 N–H and O–H groups in total. The maximum absolute atomic E-state index is 12.5. The molecule has 0 aliphatic heterocycles. The first kappa shape index (κ1) is 19.6. The number of rotatable bonds is 5. The predicted octanol–water partition coefficient (Wildman–Crippen LogP) is 3.10. The summed E-state index contributed by atoms with van der Waals surface area (Å²) in [5.74, 6) is 0.808. The average Bonchev–Trinajstić information content (AvgIpc) is 2.73. The minimum Gasteiger partial charge on any atom is -0.507 e. The fraction of sp³-hybridized carbons (Fsp3) is 0.611. The van der Waals surface area contributed by atoms with Gasteiger partial charge in [-0.15, -0.1) is 0 Å². The van der Waals surface area contributed by atoms with Gasteiger partial charge in [0.05, 0.1) is 11.8 Å². The second-order valence-corrected chi connectivity index (χ2v) is 9.04. The predicted molar refractivity (Wildman–Crippen MR) is 99.2 cm³/mol. The van der Waals surface area contributed by atoms with Gasteiger partial charge in [0.25, 0.3) is 5.91 Å². The van der Waals surface area contributed by atoms with Crippen LogP contribution in [0.15, 0.2) is 18.2 Å². The molecule has 1 saturated carbocycles. The number of anilines is 1. The lowest BCUT2D eigenvalue weighted by Gasteiger charge is -2.19. The molecule has 0 heterocycles. The Morgan fingerprint density at radius 2 is 1.92 bits per heavy atom. The Labute approximate surface area is 150 Å². The second-order valence-electron chi connectivity index (χ2n) is 7.29. The Bertz CT molecular complexity index is 716. The molecule has 2 atom stereocenters. The topological polar surface area (TPSA) is 95.5 Å². The summed E-state index contributed by atoms with van der Waals surface area (Å²) in [5.41, 5.74) is 0.337. The first-order chi connectivity index (χ1) is 11.7. The Hall–Kier alpha value is -1.76. The number of phenols is 1. The lowest BCUT2D eigenvalue weighted by Crippen LogP contribution is -2.34. The largest absolute Gasteiger partial charge is 0.507 e. The fourth-order valence-electron chi connectivity index (χ4n) is 3.40. The molecule has 1 aromatic rings. The van der Waals surface area contributed by atoms with Crippen molar-refractivity contribution >= 4 is 21.6 Å². The molecule has 0 radical (unpaired) electrons. The first-order valence-electron chi connectivity index (χ1n) is 8.77. The van der Waals surface area contributed by atoms with Crippen molar-refractivity contribution in [2.75, 3.05) is 11.0 Å². The summed E-state index contributed by atoms with van der Waals surface area (Å²) >= 11 is 0. The lowest BCUT2D eigenvalue weighted by atomic mass is 9.89. The van der Waals surface area contributed by atoms with E-state index < -0.39 is 10.0 Å². The Morgan fingerprint density at radius 1 is 1.20 bits per heavy atom. The molecule has 0 spiro atoms. The summed E-state index contributed by atoms with van der Waals surface area (Å²) in [6.45, 7) is 4.48. The molecule has 0 saturated heterocycles. The molecular weight excluding hydrogens is 340 g/mol. The molecule has 2 rings (SSSR count). The van der Waals surface area contributed by atoms with E-state index in [9.17, 15) is 18.3 Å². The van der Waals surface area contributed by atoms with Crippen LogP contribution in [0.1, 0.15) is 56.3 Å². The van der Waals surface area contributed by atoms with Crippen LogP contribution in [0.5, 0.6) is 5.75 Å². The molecule has 0 bridgehead atoms. The highest BCUT2D eigenvalue weighted by Crippen LogP contribution is 2.29. The van der Waals surface area contributed by atoms with Crippen LogP contribution in [-0.2, 0) is 10.0 Å². The Balaban J connectivity index is 2.06. The quantitative estimate of drug-likeness (QED) is 0.550. The molecule has 1 aliphatic carbocycles. The number of benzene rings is 1. The van der Waals surface area contributed by atoms with Crippen LogP contribution in [-0.4, -0.2) is 31.7 Å². The third-order valence-electron chi connectivity index (χ3n) is 4.84. The zero-order valence-corrected chi connectivity index (χ0v) is 15.9. The number of phenolic OH excluding ortho intramolecular Hbond substituents is 1. The third-order valence-corrected chi connectivity index (χ3v) is 5.44. The molecule has 1 aromatic carbocycles. The molecule has 0 unspecified atom stereocenters. The Morgan fingerprint density at radius 3 is 2.56 bits per heavy atom. The maximum Gasteiger partial charge on any atom is 0.255 e. The lowest BCUT2D eigenvalue weighted by molar-refractivity contribution is 0.0930. The number of carbonyl (C=O) groups excluding carboxylic acids is 1. The molecule has 1 aliphatic rings. The number of hydrogen-bond acceptors (Lipinski definition) is 4. The van der Waals surface area contributed by atoms with E-state index in [2.05, 4.69) is 23.9 Å². The third kappa shape index (κ3) is 5.92. The number of aromatic hydroxyl groups is 1. The summed E-state index contributed by atoms with van der Waals surface area (Å²) in [5, 5.41) is 13.0. The van der Waals surface area contributed by atoms with E-state index >= 15 is 0 Å². The van der Waals surface area contributed by atoms with Crippen molar-refractivity contribution < 1.29 is 18.3 Å². The van der Waals surface area contributed by atoms with Crippen molar-refractivity contribution in [2.24, 2.45) is 11.8 Å². The van der Waals surface area contributed by atoms with Gasteiger partial charge in [0.1, 0.15) is 5.75 Å². The van der Waals surface area contributed by atoms with E-state index in [-0.39, 0.29) is 28.9 Å². The van der Waals surface area contributed by atoms with Gasteiger partial charge >= 0.3 is 0 Å². The zero-order chi connectivity index (χ0) is 18.6. The fourth-order valence-corrected chi connectivity index (χ4v) is 3.96.